The zero-order valence-corrected chi connectivity index (χ0v) is 14.5. The van der Waals surface area contributed by atoms with Crippen LogP contribution in [0.3, 0.4) is 0 Å². The molecule has 1 aromatic rings. The van der Waals surface area contributed by atoms with Crippen LogP contribution < -0.4 is 0 Å². The predicted octanol–water partition coefficient (Wildman–Crippen LogP) is 2.87. The fraction of sp³-hybridized carbons (Fsp3) is 0.733. The van der Waals surface area contributed by atoms with Crippen molar-refractivity contribution in [1.82, 2.24) is 14.7 Å². The average Bonchev–Trinajstić information content (AvgIpc) is 3.03. The standard InChI is InChI=1S/C15H24BrN3O/c1-5-15(3,19-8-6-7-9-19)13(20)10-12-14(16)11(2)17-18(12)4/h5-10H2,1-4H3. The maximum absolute atomic E-state index is 12.9. The van der Waals surface area contributed by atoms with Crippen LogP contribution in [-0.2, 0) is 18.3 Å². The summed E-state index contributed by atoms with van der Waals surface area (Å²) in [5, 5.41) is 4.37. The third-order valence-electron chi connectivity index (χ3n) is 4.68. The van der Waals surface area contributed by atoms with Crippen LogP contribution in [0.5, 0.6) is 0 Å². The molecule has 1 saturated heterocycles. The van der Waals surface area contributed by atoms with Gasteiger partial charge in [0.15, 0.2) is 5.78 Å². The molecule has 1 aliphatic heterocycles. The zero-order chi connectivity index (χ0) is 14.9. The normalized spacial score (nSPS) is 19.2. The van der Waals surface area contributed by atoms with Crippen LogP contribution in [0.15, 0.2) is 4.47 Å². The Morgan fingerprint density at radius 3 is 2.45 bits per heavy atom. The van der Waals surface area contributed by atoms with E-state index in [4.69, 9.17) is 0 Å². The lowest BCUT2D eigenvalue weighted by molar-refractivity contribution is -0.129. The summed E-state index contributed by atoms with van der Waals surface area (Å²) in [4.78, 5) is 15.2. The van der Waals surface area contributed by atoms with Crippen LogP contribution in [0.1, 0.15) is 44.5 Å². The summed E-state index contributed by atoms with van der Waals surface area (Å²) < 4.78 is 2.78. The molecule has 0 radical (unpaired) electrons. The highest BCUT2D eigenvalue weighted by Gasteiger charge is 2.39. The molecule has 0 aromatic carbocycles. The Morgan fingerprint density at radius 2 is 2.00 bits per heavy atom. The van der Waals surface area contributed by atoms with Crippen molar-refractivity contribution in [1.29, 1.82) is 0 Å². The van der Waals surface area contributed by atoms with Gasteiger partial charge >= 0.3 is 0 Å². The number of Topliss-reactive ketones (excluding diaryl/α,β-unsaturated/α-hetero) is 1. The first-order valence-electron chi connectivity index (χ1n) is 7.36. The van der Waals surface area contributed by atoms with Crippen molar-refractivity contribution < 1.29 is 4.79 Å². The molecule has 0 amide bonds. The van der Waals surface area contributed by atoms with E-state index in [9.17, 15) is 4.79 Å². The van der Waals surface area contributed by atoms with Gasteiger partial charge in [-0.1, -0.05) is 6.92 Å². The van der Waals surface area contributed by atoms with Gasteiger partial charge in [0.2, 0.25) is 0 Å². The van der Waals surface area contributed by atoms with Crippen molar-refractivity contribution in [2.45, 2.75) is 52.0 Å². The molecule has 1 unspecified atom stereocenters. The van der Waals surface area contributed by atoms with E-state index in [2.05, 4.69) is 39.8 Å². The SMILES string of the molecule is CCC(C)(C(=O)Cc1c(Br)c(C)nn1C)N1CCCC1. The minimum Gasteiger partial charge on any atom is -0.297 e. The number of hydrogen-bond donors (Lipinski definition) is 0. The summed E-state index contributed by atoms with van der Waals surface area (Å²) in [6.45, 7) is 8.25. The lowest BCUT2D eigenvalue weighted by atomic mass is 9.88. The lowest BCUT2D eigenvalue weighted by Gasteiger charge is -2.36. The number of likely N-dealkylation sites (tertiary alicyclic amines) is 1. The van der Waals surface area contributed by atoms with E-state index in [-0.39, 0.29) is 5.54 Å². The zero-order valence-electron chi connectivity index (χ0n) is 12.9. The van der Waals surface area contributed by atoms with Crippen molar-refractivity contribution >= 4 is 21.7 Å². The molecule has 4 nitrogen and oxygen atoms in total. The molecular formula is C15H24BrN3O. The van der Waals surface area contributed by atoms with Gasteiger partial charge in [-0.25, -0.2) is 0 Å². The Bertz CT molecular complexity index is 505. The molecule has 1 fully saturated rings. The Balaban J connectivity index is 2.21. The number of rotatable bonds is 5. The van der Waals surface area contributed by atoms with Crippen LogP contribution in [-0.4, -0.2) is 39.1 Å². The number of carbonyl (C=O) groups is 1. The second kappa shape index (κ2) is 5.98. The molecule has 0 aliphatic carbocycles. The van der Waals surface area contributed by atoms with Gasteiger partial charge in [-0.05, 0) is 62.1 Å². The van der Waals surface area contributed by atoms with Gasteiger partial charge in [0.1, 0.15) is 0 Å². The Kier molecular flexibility index (Phi) is 4.69. The monoisotopic (exact) mass is 341 g/mol. The molecule has 0 saturated carbocycles. The summed E-state index contributed by atoms with van der Waals surface area (Å²) >= 11 is 3.55. The maximum Gasteiger partial charge on any atom is 0.158 e. The number of aryl methyl sites for hydroxylation is 2. The van der Waals surface area contributed by atoms with Crippen molar-refractivity contribution in [3.05, 3.63) is 15.9 Å². The highest BCUT2D eigenvalue weighted by molar-refractivity contribution is 9.10. The van der Waals surface area contributed by atoms with Gasteiger partial charge < -0.3 is 0 Å². The van der Waals surface area contributed by atoms with Gasteiger partial charge in [-0.3, -0.25) is 14.4 Å². The maximum atomic E-state index is 12.9. The third-order valence-corrected chi connectivity index (χ3v) is 5.71. The molecule has 5 heteroatoms. The molecule has 2 heterocycles. The second-order valence-electron chi connectivity index (χ2n) is 5.89. The summed E-state index contributed by atoms with van der Waals surface area (Å²) in [5.74, 6) is 0.297. The second-order valence-corrected chi connectivity index (χ2v) is 6.68. The van der Waals surface area contributed by atoms with Crippen molar-refractivity contribution in [2.75, 3.05) is 13.1 Å². The summed E-state index contributed by atoms with van der Waals surface area (Å²) in [7, 11) is 1.90. The first-order valence-corrected chi connectivity index (χ1v) is 8.15. The van der Waals surface area contributed by atoms with E-state index in [1.807, 2.05) is 18.7 Å². The number of ketones is 1. The molecule has 20 heavy (non-hydrogen) atoms. The molecular weight excluding hydrogens is 318 g/mol. The largest absolute Gasteiger partial charge is 0.297 e. The lowest BCUT2D eigenvalue weighted by Crippen LogP contribution is -2.51. The van der Waals surface area contributed by atoms with E-state index in [0.29, 0.717) is 12.2 Å². The minimum atomic E-state index is -0.339. The fourth-order valence-electron chi connectivity index (χ4n) is 3.02. The predicted molar refractivity (Wildman–Crippen MR) is 83.9 cm³/mol. The van der Waals surface area contributed by atoms with E-state index < -0.39 is 0 Å². The van der Waals surface area contributed by atoms with Crippen LogP contribution in [0.2, 0.25) is 0 Å². The number of carbonyl (C=O) groups excluding carboxylic acids is 1. The number of hydrogen-bond acceptors (Lipinski definition) is 3. The molecule has 1 aliphatic rings. The summed E-state index contributed by atoms with van der Waals surface area (Å²) in [5.41, 5.74) is 1.58. The van der Waals surface area contributed by atoms with E-state index in [1.165, 1.54) is 12.8 Å². The average molecular weight is 342 g/mol. The molecule has 1 aromatic heterocycles. The Labute approximate surface area is 129 Å². The highest BCUT2D eigenvalue weighted by Crippen LogP contribution is 2.29. The molecule has 2 rings (SSSR count). The molecule has 112 valence electrons. The van der Waals surface area contributed by atoms with Crippen molar-refractivity contribution in [2.24, 2.45) is 7.05 Å². The van der Waals surface area contributed by atoms with Gasteiger partial charge in [0.05, 0.1) is 27.8 Å². The quantitative estimate of drug-likeness (QED) is 0.826. The summed E-state index contributed by atoms with van der Waals surface area (Å²) in [6.07, 6.45) is 3.72. The van der Waals surface area contributed by atoms with Gasteiger partial charge in [-0.15, -0.1) is 0 Å². The number of halogens is 1. The number of nitrogens with zero attached hydrogens (tertiary/aromatic N) is 3. The van der Waals surface area contributed by atoms with Crippen molar-refractivity contribution in [3.8, 4) is 0 Å². The van der Waals surface area contributed by atoms with Crippen LogP contribution in [0.4, 0.5) is 0 Å². The van der Waals surface area contributed by atoms with Crippen LogP contribution in [0, 0.1) is 6.92 Å². The molecule has 0 spiro atoms. The van der Waals surface area contributed by atoms with Crippen molar-refractivity contribution in [3.63, 3.8) is 0 Å². The molecule has 0 N–H and O–H groups in total. The van der Waals surface area contributed by atoms with E-state index in [1.54, 1.807) is 0 Å². The van der Waals surface area contributed by atoms with Crippen LogP contribution in [0.25, 0.3) is 0 Å². The topological polar surface area (TPSA) is 38.1 Å². The molecule has 0 bridgehead atoms. The van der Waals surface area contributed by atoms with E-state index in [0.717, 1.165) is 35.4 Å². The van der Waals surface area contributed by atoms with Crippen LogP contribution >= 0.6 is 15.9 Å². The van der Waals surface area contributed by atoms with Gasteiger partial charge in [-0.2, -0.15) is 5.10 Å². The first kappa shape index (κ1) is 15.7. The molecule has 1 atom stereocenters. The summed E-state index contributed by atoms with van der Waals surface area (Å²) in [6, 6.07) is 0. The third kappa shape index (κ3) is 2.70. The van der Waals surface area contributed by atoms with E-state index >= 15 is 0 Å². The Hall–Kier alpha value is -0.680. The van der Waals surface area contributed by atoms with Gasteiger partial charge in [0, 0.05) is 7.05 Å². The van der Waals surface area contributed by atoms with Gasteiger partial charge in [0.25, 0.3) is 0 Å². The smallest absolute Gasteiger partial charge is 0.158 e. The highest BCUT2D eigenvalue weighted by atomic mass is 79.9. The number of aromatic nitrogens is 2. The fourth-order valence-corrected chi connectivity index (χ4v) is 3.50. The Morgan fingerprint density at radius 1 is 1.40 bits per heavy atom. The minimum absolute atomic E-state index is 0.297. The first-order chi connectivity index (χ1) is 9.40.